The van der Waals surface area contributed by atoms with E-state index in [1.54, 1.807) is 4.90 Å². The van der Waals surface area contributed by atoms with E-state index in [0.717, 1.165) is 42.2 Å². The molecule has 1 aromatic rings. The Labute approximate surface area is 157 Å². The summed E-state index contributed by atoms with van der Waals surface area (Å²) in [6, 6.07) is 5.37. The monoisotopic (exact) mass is 368 g/mol. The minimum Gasteiger partial charge on any atom is -0.322 e. The van der Waals surface area contributed by atoms with E-state index < -0.39 is 6.04 Å². The lowest BCUT2D eigenvalue weighted by molar-refractivity contribution is -0.136. The number of benzene rings is 1. The van der Waals surface area contributed by atoms with Crippen molar-refractivity contribution < 1.29 is 14.4 Å². The summed E-state index contributed by atoms with van der Waals surface area (Å²) in [5.41, 5.74) is 3.10. The molecule has 1 saturated carbocycles. The average molecular weight is 368 g/mol. The van der Waals surface area contributed by atoms with Crippen molar-refractivity contribution in [2.75, 3.05) is 19.6 Å². The Bertz CT molecular complexity index is 839. The van der Waals surface area contributed by atoms with Crippen LogP contribution in [-0.2, 0) is 22.7 Å². The zero-order valence-electron chi connectivity index (χ0n) is 15.2. The molecule has 3 heterocycles. The maximum Gasteiger partial charge on any atom is 0.255 e. The molecule has 3 fully saturated rings. The van der Waals surface area contributed by atoms with E-state index in [1.807, 2.05) is 18.2 Å². The molecule has 1 unspecified atom stereocenters. The van der Waals surface area contributed by atoms with Crippen LogP contribution in [0.1, 0.15) is 40.7 Å². The third-order valence-electron chi connectivity index (χ3n) is 6.66. The Kier molecular flexibility index (Phi) is 3.84. The first-order valence-corrected chi connectivity index (χ1v) is 9.74. The van der Waals surface area contributed by atoms with Crippen LogP contribution in [0.2, 0.25) is 0 Å². The number of hydrogen-bond donors (Lipinski definition) is 3. The van der Waals surface area contributed by atoms with Crippen molar-refractivity contribution >= 4 is 17.7 Å². The highest BCUT2D eigenvalue weighted by Crippen LogP contribution is 2.54. The Hall–Kier alpha value is -2.25. The topological polar surface area (TPSA) is 90.5 Å². The first kappa shape index (κ1) is 16.9. The molecule has 1 aromatic carbocycles. The number of hydrogen-bond acceptors (Lipinski definition) is 5. The van der Waals surface area contributed by atoms with Crippen LogP contribution in [0.5, 0.6) is 0 Å². The molecule has 7 heteroatoms. The van der Waals surface area contributed by atoms with Gasteiger partial charge < -0.3 is 15.5 Å². The number of fused-ring (bicyclic) bond motifs is 2. The summed E-state index contributed by atoms with van der Waals surface area (Å²) in [6.45, 7) is 4.28. The summed E-state index contributed by atoms with van der Waals surface area (Å²) in [5, 5.41) is 9.35. The number of nitrogens with zero attached hydrogens (tertiary/aromatic N) is 1. The van der Waals surface area contributed by atoms with Crippen molar-refractivity contribution in [3.05, 3.63) is 34.9 Å². The fourth-order valence-electron chi connectivity index (χ4n) is 4.99. The molecule has 3 amide bonds. The van der Waals surface area contributed by atoms with Crippen LogP contribution < -0.4 is 16.0 Å². The summed E-state index contributed by atoms with van der Waals surface area (Å²) >= 11 is 0. The van der Waals surface area contributed by atoms with Crippen LogP contribution in [-0.4, -0.2) is 48.3 Å². The molecule has 0 bridgehead atoms. The zero-order chi connectivity index (χ0) is 18.6. The number of rotatable bonds is 5. The molecule has 4 aliphatic rings. The van der Waals surface area contributed by atoms with Gasteiger partial charge in [-0.2, -0.15) is 0 Å². The maximum atomic E-state index is 13.1. The Morgan fingerprint density at radius 1 is 1.26 bits per heavy atom. The fraction of sp³-hybridized carbons (Fsp3) is 0.550. The van der Waals surface area contributed by atoms with Crippen LogP contribution in [0.25, 0.3) is 0 Å². The van der Waals surface area contributed by atoms with Gasteiger partial charge in [-0.3, -0.25) is 19.7 Å². The van der Waals surface area contributed by atoms with Crippen LogP contribution in [0.4, 0.5) is 0 Å². The number of nitrogens with one attached hydrogen (secondary N) is 3. The largest absolute Gasteiger partial charge is 0.322 e. The van der Waals surface area contributed by atoms with Crippen molar-refractivity contribution in [1.29, 1.82) is 0 Å². The third-order valence-corrected chi connectivity index (χ3v) is 6.66. The van der Waals surface area contributed by atoms with Crippen molar-refractivity contribution in [2.45, 2.75) is 38.4 Å². The van der Waals surface area contributed by atoms with Gasteiger partial charge in [-0.1, -0.05) is 18.2 Å². The van der Waals surface area contributed by atoms with Gasteiger partial charge in [0.15, 0.2) is 0 Å². The average Bonchev–Trinajstić information content (AvgIpc) is 3.00. The molecule has 0 aromatic heterocycles. The SMILES string of the molecule is O=C1CCC(N2Cc3cccc(CNC[C@@]45CNC[C@@H]4C5)c3C2=O)C(=O)N1. The molecule has 5 rings (SSSR count). The van der Waals surface area contributed by atoms with Gasteiger partial charge in [-0.15, -0.1) is 0 Å². The van der Waals surface area contributed by atoms with Crippen molar-refractivity contribution in [2.24, 2.45) is 11.3 Å². The second kappa shape index (κ2) is 6.14. The number of imide groups is 1. The molecule has 0 radical (unpaired) electrons. The summed E-state index contributed by atoms with van der Waals surface area (Å²) in [4.78, 5) is 38.3. The van der Waals surface area contributed by atoms with Gasteiger partial charge in [-0.25, -0.2) is 0 Å². The molecule has 0 spiro atoms. The van der Waals surface area contributed by atoms with Crippen LogP contribution in [0.3, 0.4) is 0 Å². The standard InChI is InChI=1S/C20H24N4O3/c25-16-5-4-15(18(26)23-16)24-9-13-3-1-2-12(17(13)19(24)27)7-21-10-20-6-14(20)8-22-11-20/h1-3,14-15,21-22H,4-11H2,(H,23,25,26)/t14-,15?,20-/m0/s1. The molecular weight excluding hydrogens is 344 g/mol. The lowest BCUT2D eigenvalue weighted by Gasteiger charge is -2.29. The molecule has 7 nitrogen and oxygen atoms in total. The lowest BCUT2D eigenvalue weighted by Crippen LogP contribution is -2.52. The van der Waals surface area contributed by atoms with E-state index in [0.29, 0.717) is 24.9 Å². The van der Waals surface area contributed by atoms with Crippen molar-refractivity contribution in [3.63, 3.8) is 0 Å². The summed E-state index contributed by atoms with van der Waals surface area (Å²) < 4.78 is 0. The Morgan fingerprint density at radius 3 is 2.89 bits per heavy atom. The van der Waals surface area contributed by atoms with E-state index in [-0.39, 0.29) is 24.1 Å². The molecule has 27 heavy (non-hydrogen) atoms. The summed E-state index contributed by atoms with van der Waals surface area (Å²) in [7, 11) is 0. The molecule has 3 aliphatic heterocycles. The minimum atomic E-state index is -0.556. The lowest BCUT2D eigenvalue weighted by atomic mass is 10.0. The highest BCUT2D eigenvalue weighted by Gasteiger charge is 2.56. The van der Waals surface area contributed by atoms with Crippen molar-refractivity contribution in [1.82, 2.24) is 20.9 Å². The van der Waals surface area contributed by atoms with Gasteiger partial charge in [0.05, 0.1) is 0 Å². The van der Waals surface area contributed by atoms with Crippen molar-refractivity contribution in [3.8, 4) is 0 Å². The van der Waals surface area contributed by atoms with Gasteiger partial charge >= 0.3 is 0 Å². The molecule has 2 saturated heterocycles. The van der Waals surface area contributed by atoms with Crippen LogP contribution in [0.15, 0.2) is 18.2 Å². The highest BCUT2D eigenvalue weighted by molar-refractivity contribution is 6.05. The first-order valence-electron chi connectivity index (χ1n) is 9.74. The van der Waals surface area contributed by atoms with Gasteiger partial charge in [0, 0.05) is 38.2 Å². The smallest absolute Gasteiger partial charge is 0.255 e. The van der Waals surface area contributed by atoms with Gasteiger partial charge in [0.25, 0.3) is 5.91 Å². The Morgan fingerprint density at radius 2 is 2.15 bits per heavy atom. The molecule has 3 N–H and O–H groups in total. The predicted octanol–water partition coefficient (Wildman–Crippen LogP) is 0.147. The molecular formula is C20H24N4O3. The van der Waals surface area contributed by atoms with E-state index in [2.05, 4.69) is 16.0 Å². The van der Waals surface area contributed by atoms with Crippen LogP contribution in [0, 0.1) is 11.3 Å². The van der Waals surface area contributed by atoms with Crippen LogP contribution >= 0.6 is 0 Å². The minimum absolute atomic E-state index is 0.0955. The summed E-state index contributed by atoms with van der Waals surface area (Å²) in [5.74, 6) is 0.0853. The second-order valence-corrected chi connectivity index (χ2v) is 8.35. The summed E-state index contributed by atoms with van der Waals surface area (Å²) in [6.07, 6.45) is 1.97. The van der Waals surface area contributed by atoms with E-state index in [1.165, 1.54) is 6.42 Å². The van der Waals surface area contributed by atoms with E-state index in [9.17, 15) is 14.4 Å². The maximum absolute atomic E-state index is 13.1. The second-order valence-electron chi connectivity index (χ2n) is 8.35. The third kappa shape index (κ3) is 2.76. The highest BCUT2D eigenvalue weighted by atomic mass is 16.2. The van der Waals surface area contributed by atoms with Gasteiger partial charge in [0.1, 0.15) is 6.04 Å². The first-order chi connectivity index (χ1) is 13.1. The molecule has 142 valence electrons. The van der Waals surface area contributed by atoms with E-state index in [4.69, 9.17) is 0 Å². The predicted molar refractivity (Wildman–Crippen MR) is 97.6 cm³/mol. The van der Waals surface area contributed by atoms with E-state index >= 15 is 0 Å². The number of amides is 3. The van der Waals surface area contributed by atoms with Gasteiger partial charge in [-0.05, 0) is 41.8 Å². The zero-order valence-corrected chi connectivity index (χ0v) is 15.2. The fourth-order valence-corrected chi connectivity index (χ4v) is 4.99. The number of carbonyl (C=O) groups is 3. The normalized spacial score (nSPS) is 31.7. The number of carbonyl (C=O) groups excluding carboxylic acids is 3. The number of piperidine rings is 2. The Balaban J connectivity index is 1.29. The quantitative estimate of drug-likeness (QED) is 0.644. The van der Waals surface area contributed by atoms with Gasteiger partial charge in [0.2, 0.25) is 11.8 Å². The molecule has 3 atom stereocenters. The molecule has 1 aliphatic carbocycles.